The summed E-state index contributed by atoms with van der Waals surface area (Å²) in [5.74, 6) is -0.332. The molecule has 2 aromatic carbocycles. The standard InChI is InChI=1S/C16H12FNO2S/c17-15-8-3-12(4-9-15)5-10-16(21(19)20)14-6-1-13(11-18)2-7-14/h1-10,16H,(H,19,20). The Morgan fingerprint density at radius 2 is 1.76 bits per heavy atom. The molecular formula is C16H12FNO2S. The maximum atomic E-state index is 12.8. The van der Waals surface area contributed by atoms with Gasteiger partial charge in [0, 0.05) is 0 Å². The highest BCUT2D eigenvalue weighted by Gasteiger charge is 2.14. The van der Waals surface area contributed by atoms with E-state index in [-0.39, 0.29) is 5.82 Å². The van der Waals surface area contributed by atoms with Crippen LogP contribution in [0.2, 0.25) is 0 Å². The number of rotatable bonds is 4. The third-order valence-electron chi connectivity index (χ3n) is 2.92. The number of nitriles is 1. The highest BCUT2D eigenvalue weighted by molar-refractivity contribution is 7.79. The quantitative estimate of drug-likeness (QED) is 0.876. The lowest BCUT2D eigenvalue weighted by Gasteiger charge is -2.08. The minimum Gasteiger partial charge on any atom is -0.305 e. The zero-order chi connectivity index (χ0) is 15.2. The van der Waals surface area contributed by atoms with Gasteiger partial charge >= 0.3 is 0 Å². The molecule has 21 heavy (non-hydrogen) atoms. The molecule has 5 heteroatoms. The average Bonchev–Trinajstić information content (AvgIpc) is 2.49. The molecule has 0 aliphatic heterocycles. The van der Waals surface area contributed by atoms with Gasteiger partial charge in [0.25, 0.3) is 0 Å². The molecule has 2 rings (SSSR count). The highest BCUT2D eigenvalue weighted by atomic mass is 32.2. The van der Waals surface area contributed by atoms with Gasteiger partial charge in [-0.3, -0.25) is 0 Å². The molecule has 0 saturated carbocycles. The van der Waals surface area contributed by atoms with Crippen molar-refractivity contribution in [1.82, 2.24) is 0 Å². The summed E-state index contributed by atoms with van der Waals surface area (Å²) in [5.41, 5.74) is 1.86. The lowest BCUT2D eigenvalue weighted by molar-refractivity contribution is 0.558. The molecule has 0 aliphatic rings. The van der Waals surface area contributed by atoms with Gasteiger partial charge in [-0.2, -0.15) is 5.26 Å². The summed E-state index contributed by atoms with van der Waals surface area (Å²) in [6.07, 6.45) is 3.25. The number of halogens is 1. The second-order valence-electron chi connectivity index (χ2n) is 4.34. The van der Waals surface area contributed by atoms with Crippen LogP contribution in [0.1, 0.15) is 21.9 Å². The maximum Gasteiger partial charge on any atom is 0.164 e. The van der Waals surface area contributed by atoms with E-state index in [2.05, 4.69) is 0 Å². The Labute approximate surface area is 124 Å². The first kappa shape index (κ1) is 15.1. The average molecular weight is 301 g/mol. The minimum atomic E-state index is -2.08. The van der Waals surface area contributed by atoms with E-state index >= 15 is 0 Å². The van der Waals surface area contributed by atoms with E-state index in [9.17, 15) is 13.2 Å². The van der Waals surface area contributed by atoms with Crippen molar-refractivity contribution >= 4 is 17.2 Å². The summed E-state index contributed by atoms with van der Waals surface area (Å²) in [6.45, 7) is 0. The van der Waals surface area contributed by atoms with Gasteiger partial charge in [-0.15, -0.1) is 0 Å². The van der Waals surface area contributed by atoms with Gasteiger partial charge in [-0.25, -0.2) is 8.60 Å². The van der Waals surface area contributed by atoms with Gasteiger partial charge in [0.15, 0.2) is 11.1 Å². The third-order valence-corrected chi connectivity index (χ3v) is 3.78. The van der Waals surface area contributed by atoms with Crippen LogP contribution < -0.4 is 0 Å². The summed E-state index contributed by atoms with van der Waals surface area (Å²) in [4.78, 5) is 0. The fraction of sp³-hybridized carbons (Fsp3) is 0.0625. The van der Waals surface area contributed by atoms with E-state index in [1.165, 1.54) is 12.1 Å². The molecule has 0 fully saturated rings. The van der Waals surface area contributed by atoms with Crippen LogP contribution in [0.25, 0.3) is 6.08 Å². The fourth-order valence-electron chi connectivity index (χ4n) is 1.81. The van der Waals surface area contributed by atoms with Crippen molar-refractivity contribution in [3.8, 4) is 6.07 Å². The Morgan fingerprint density at radius 1 is 1.14 bits per heavy atom. The van der Waals surface area contributed by atoms with Crippen molar-refractivity contribution in [2.24, 2.45) is 0 Å². The van der Waals surface area contributed by atoms with Crippen LogP contribution in [-0.4, -0.2) is 8.76 Å². The van der Waals surface area contributed by atoms with E-state index in [1.807, 2.05) is 6.07 Å². The Bertz CT molecular complexity index is 703. The van der Waals surface area contributed by atoms with Crippen molar-refractivity contribution < 1.29 is 13.2 Å². The molecule has 0 aromatic heterocycles. The molecule has 0 amide bonds. The first-order valence-electron chi connectivity index (χ1n) is 6.13. The molecule has 0 bridgehead atoms. The number of hydrogen-bond acceptors (Lipinski definition) is 2. The van der Waals surface area contributed by atoms with Crippen LogP contribution in [0.15, 0.2) is 54.6 Å². The van der Waals surface area contributed by atoms with E-state index in [0.29, 0.717) is 11.1 Å². The van der Waals surface area contributed by atoms with Gasteiger partial charge in [0.2, 0.25) is 0 Å². The van der Waals surface area contributed by atoms with Crippen LogP contribution in [0, 0.1) is 17.1 Å². The topological polar surface area (TPSA) is 61.1 Å². The maximum absolute atomic E-state index is 12.8. The number of benzene rings is 2. The predicted molar refractivity (Wildman–Crippen MR) is 80.1 cm³/mol. The Hall–Kier alpha value is -2.29. The molecule has 2 aromatic rings. The molecule has 3 nitrogen and oxygen atoms in total. The SMILES string of the molecule is N#Cc1ccc(C(C=Cc2ccc(F)cc2)S(=O)O)cc1. The molecule has 0 heterocycles. The Morgan fingerprint density at radius 3 is 2.29 bits per heavy atom. The van der Waals surface area contributed by atoms with Crippen molar-refractivity contribution in [1.29, 1.82) is 5.26 Å². The van der Waals surface area contributed by atoms with Crippen LogP contribution in [0.3, 0.4) is 0 Å². The van der Waals surface area contributed by atoms with Crippen molar-refractivity contribution in [3.05, 3.63) is 77.1 Å². The number of hydrogen-bond donors (Lipinski definition) is 1. The summed E-state index contributed by atoms with van der Waals surface area (Å²) in [6, 6.07) is 14.3. The molecular weight excluding hydrogens is 289 g/mol. The fourth-order valence-corrected chi connectivity index (χ4v) is 2.42. The summed E-state index contributed by atoms with van der Waals surface area (Å²) < 4.78 is 33.7. The zero-order valence-corrected chi connectivity index (χ0v) is 11.8. The monoisotopic (exact) mass is 301 g/mol. The minimum absolute atomic E-state index is 0.332. The predicted octanol–water partition coefficient (Wildman–Crippen LogP) is 3.67. The molecule has 2 unspecified atom stereocenters. The Kier molecular flexibility index (Phi) is 4.99. The zero-order valence-electron chi connectivity index (χ0n) is 10.9. The largest absolute Gasteiger partial charge is 0.305 e. The lowest BCUT2D eigenvalue weighted by Crippen LogP contribution is -2.02. The van der Waals surface area contributed by atoms with Crippen LogP contribution in [-0.2, 0) is 11.1 Å². The van der Waals surface area contributed by atoms with Crippen molar-refractivity contribution in [2.45, 2.75) is 5.25 Å². The third kappa shape index (κ3) is 4.09. The van der Waals surface area contributed by atoms with E-state index in [1.54, 1.807) is 48.6 Å². The molecule has 1 N–H and O–H groups in total. The lowest BCUT2D eigenvalue weighted by atomic mass is 10.1. The molecule has 0 spiro atoms. The van der Waals surface area contributed by atoms with Crippen LogP contribution in [0.4, 0.5) is 4.39 Å². The second-order valence-corrected chi connectivity index (χ2v) is 5.40. The normalized spacial score (nSPS) is 13.8. The smallest absolute Gasteiger partial charge is 0.164 e. The summed E-state index contributed by atoms with van der Waals surface area (Å²) in [7, 11) is 0. The highest BCUT2D eigenvalue weighted by Crippen LogP contribution is 2.22. The van der Waals surface area contributed by atoms with Gasteiger partial charge in [-0.1, -0.05) is 36.4 Å². The van der Waals surface area contributed by atoms with E-state index in [0.717, 1.165) is 5.56 Å². The van der Waals surface area contributed by atoms with Crippen molar-refractivity contribution in [3.63, 3.8) is 0 Å². The van der Waals surface area contributed by atoms with Crippen LogP contribution in [0.5, 0.6) is 0 Å². The molecule has 0 saturated heterocycles. The van der Waals surface area contributed by atoms with Gasteiger partial charge in [-0.05, 0) is 35.4 Å². The van der Waals surface area contributed by atoms with Gasteiger partial charge in [0.05, 0.1) is 11.6 Å². The van der Waals surface area contributed by atoms with E-state index in [4.69, 9.17) is 5.26 Å². The van der Waals surface area contributed by atoms with E-state index < -0.39 is 16.3 Å². The number of nitrogens with zero attached hydrogens (tertiary/aromatic N) is 1. The molecule has 2 atom stereocenters. The Balaban J connectivity index is 2.24. The summed E-state index contributed by atoms with van der Waals surface area (Å²) >= 11 is -2.08. The molecule has 0 radical (unpaired) electrons. The second kappa shape index (κ2) is 6.93. The van der Waals surface area contributed by atoms with Gasteiger partial charge < -0.3 is 4.55 Å². The first-order chi connectivity index (χ1) is 10.1. The van der Waals surface area contributed by atoms with Crippen molar-refractivity contribution in [2.75, 3.05) is 0 Å². The molecule has 106 valence electrons. The van der Waals surface area contributed by atoms with Crippen LogP contribution >= 0.6 is 0 Å². The van der Waals surface area contributed by atoms with Gasteiger partial charge in [0.1, 0.15) is 11.1 Å². The summed E-state index contributed by atoms with van der Waals surface area (Å²) in [5, 5.41) is 8.04. The molecule has 0 aliphatic carbocycles. The first-order valence-corrected chi connectivity index (χ1v) is 7.30.